The minimum absolute atomic E-state index is 0.335. The zero-order valence-electron chi connectivity index (χ0n) is 10.9. The molecular formula is C15H21BrO2. The maximum atomic E-state index is 10.7. The van der Waals surface area contributed by atoms with Gasteiger partial charge in [-0.05, 0) is 24.1 Å². The van der Waals surface area contributed by atoms with Gasteiger partial charge in [-0.1, -0.05) is 67.1 Å². The highest BCUT2D eigenvalue weighted by molar-refractivity contribution is 9.09. The lowest BCUT2D eigenvalue weighted by molar-refractivity contribution is 0.0697. The third kappa shape index (κ3) is 5.21. The number of hydrogen-bond acceptors (Lipinski definition) is 1. The van der Waals surface area contributed by atoms with Crippen molar-refractivity contribution in [2.45, 2.75) is 50.3 Å². The number of benzene rings is 1. The van der Waals surface area contributed by atoms with Crippen molar-refractivity contribution in [3.63, 3.8) is 0 Å². The summed E-state index contributed by atoms with van der Waals surface area (Å²) in [4.78, 5) is 11.1. The number of aromatic carboxylic acids is 1. The van der Waals surface area contributed by atoms with Crippen LogP contribution in [0.4, 0.5) is 0 Å². The molecule has 0 bridgehead atoms. The molecule has 0 spiro atoms. The Morgan fingerprint density at radius 3 is 2.33 bits per heavy atom. The van der Waals surface area contributed by atoms with Crippen LogP contribution in [0.3, 0.4) is 0 Å². The zero-order valence-corrected chi connectivity index (χ0v) is 12.4. The first kappa shape index (κ1) is 15.2. The highest BCUT2D eigenvalue weighted by Gasteiger charge is 2.08. The van der Waals surface area contributed by atoms with Gasteiger partial charge < -0.3 is 5.11 Å². The second-order valence-electron chi connectivity index (χ2n) is 4.60. The van der Waals surface area contributed by atoms with Crippen molar-refractivity contribution < 1.29 is 9.90 Å². The SMILES string of the molecule is CCCCCCCC(Br)c1ccc(C(=O)O)cc1. The van der Waals surface area contributed by atoms with Crippen molar-refractivity contribution in [2.24, 2.45) is 0 Å². The van der Waals surface area contributed by atoms with Crippen LogP contribution in [0.15, 0.2) is 24.3 Å². The van der Waals surface area contributed by atoms with Crippen molar-refractivity contribution in [3.8, 4) is 0 Å². The first-order chi connectivity index (χ1) is 8.65. The second kappa shape index (κ2) is 8.30. The number of rotatable bonds is 8. The predicted molar refractivity (Wildman–Crippen MR) is 78.4 cm³/mol. The fourth-order valence-corrected chi connectivity index (χ4v) is 2.56. The van der Waals surface area contributed by atoms with E-state index in [9.17, 15) is 4.79 Å². The highest BCUT2D eigenvalue weighted by Crippen LogP contribution is 2.28. The molecule has 1 atom stereocenters. The van der Waals surface area contributed by atoms with Crippen molar-refractivity contribution in [3.05, 3.63) is 35.4 Å². The molecule has 0 aromatic heterocycles. The lowest BCUT2D eigenvalue weighted by atomic mass is 10.0. The Bertz CT molecular complexity index is 359. The van der Waals surface area contributed by atoms with Crippen molar-refractivity contribution in [1.29, 1.82) is 0 Å². The standard InChI is InChI=1S/C15H21BrO2/c1-2-3-4-5-6-7-14(16)12-8-10-13(11-9-12)15(17)18/h8-11,14H,2-7H2,1H3,(H,17,18). The molecule has 0 aliphatic heterocycles. The number of carbonyl (C=O) groups is 1. The van der Waals surface area contributed by atoms with Crippen LogP contribution in [0, 0.1) is 0 Å². The summed E-state index contributed by atoms with van der Waals surface area (Å²) in [7, 11) is 0. The monoisotopic (exact) mass is 312 g/mol. The number of carboxylic acid groups (broad SMARTS) is 1. The summed E-state index contributed by atoms with van der Waals surface area (Å²) in [5.74, 6) is -0.868. The van der Waals surface area contributed by atoms with Gasteiger partial charge in [0.1, 0.15) is 0 Å². The molecule has 0 aliphatic carbocycles. The van der Waals surface area contributed by atoms with E-state index in [-0.39, 0.29) is 0 Å². The van der Waals surface area contributed by atoms with Gasteiger partial charge in [-0.15, -0.1) is 0 Å². The van der Waals surface area contributed by atoms with Gasteiger partial charge in [0, 0.05) is 4.83 Å². The van der Waals surface area contributed by atoms with Gasteiger partial charge >= 0.3 is 5.97 Å². The van der Waals surface area contributed by atoms with Crippen LogP contribution in [0.2, 0.25) is 0 Å². The van der Waals surface area contributed by atoms with E-state index < -0.39 is 5.97 Å². The molecule has 100 valence electrons. The Balaban J connectivity index is 2.37. The van der Waals surface area contributed by atoms with Gasteiger partial charge in [0.15, 0.2) is 0 Å². The van der Waals surface area contributed by atoms with E-state index in [1.54, 1.807) is 12.1 Å². The molecule has 1 rings (SSSR count). The molecule has 1 N–H and O–H groups in total. The van der Waals surface area contributed by atoms with Crippen LogP contribution in [0.1, 0.15) is 66.2 Å². The first-order valence-electron chi connectivity index (χ1n) is 6.62. The molecular weight excluding hydrogens is 292 g/mol. The molecule has 0 aliphatic rings. The summed E-state index contributed by atoms with van der Waals surface area (Å²) in [5, 5.41) is 8.83. The Morgan fingerprint density at radius 1 is 1.17 bits per heavy atom. The molecule has 0 saturated heterocycles. The van der Waals surface area contributed by atoms with Gasteiger partial charge in [-0.25, -0.2) is 4.79 Å². The van der Waals surface area contributed by atoms with E-state index >= 15 is 0 Å². The zero-order chi connectivity index (χ0) is 13.4. The fourth-order valence-electron chi connectivity index (χ4n) is 1.93. The van der Waals surface area contributed by atoms with Crippen LogP contribution in [-0.4, -0.2) is 11.1 Å². The van der Waals surface area contributed by atoms with Gasteiger partial charge in [0.2, 0.25) is 0 Å². The van der Waals surface area contributed by atoms with Crippen molar-refractivity contribution in [2.75, 3.05) is 0 Å². The number of hydrogen-bond donors (Lipinski definition) is 1. The van der Waals surface area contributed by atoms with E-state index in [4.69, 9.17) is 5.11 Å². The number of unbranched alkanes of at least 4 members (excludes halogenated alkanes) is 4. The number of halogens is 1. The highest BCUT2D eigenvalue weighted by atomic mass is 79.9. The lowest BCUT2D eigenvalue weighted by Gasteiger charge is -2.10. The summed E-state index contributed by atoms with van der Waals surface area (Å²) in [6, 6.07) is 7.13. The van der Waals surface area contributed by atoms with Gasteiger partial charge in [-0.3, -0.25) is 0 Å². The summed E-state index contributed by atoms with van der Waals surface area (Å²) >= 11 is 3.67. The van der Waals surface area contributed by atoms with Crippen LogP contribution < -0.4 is 0 Å². The molecule has 1 aromatic carbocycles. The predicted octanol–water partition coefficient (Wildman–Crippen LogP) is 5.18. The minimum atomic E-state index is -0.868. The van der Waals surface area contributed by atoms with Crippen molar-refractivity contribution >= 4 is 21.9 Å². The summed E-state index contributed by atoms with van der Waals surface area (Å²) in [5.41, 5.74) is 1.51. The molecule has 0 amide bonds. The molecule has 18 heavy (non-hydrogen) atoms. The Hall–Kier alpha value is -0.830. The molecule has 3 heteroatoms. The molecule has 0 heterocycles. The average molecular weight is 313 g/mol. The molecule has 0 radical (unpaired) electrons. The maximum absolute atomic E-state index is 10.7. The van der Waals surface area contributed by atoms with Crippen LogP contribution in [0.25, 0.3) is 0 Å². The molecule has 0 saturated carbocycles. The third-order valence-corrected chi connectivity index (χ3v) is 4.07. The molecule has 1 unspecified atom stereocenters. The summed E-state index contributed by atoms with van der Waals surface area (Å²) in [6.07, 6.45) is 7.51. The van der Waals surface area contributed by atoms with Gasteiger partial charge in [0.05, 0.1) is 5.56 Å². The normalized spacial score (nSPS) is 12.3. The quantitative estimate of drug-likeness (QED) is 0.530. The fraction of sp³-hybridized carbons (Fsp3) is 0.533. The molecule has 1 aromatic rings. The van der Waals surface area contributed by atoms with Crippen LogP contribution in [0.5, 0.6) is 0 Å². The second-order valence-corrected chi connectivity index (χ2v) is 5.70. The van der Waals surface area contributed by atoms with Crippen molar-refractivity contribution in [1.82, 2.24) is 0 Å². The first-order valence-corrected chi connectivity index (χ1v) is 7.54. The Labute approximate surface area is 118 Å². The summed E-state index contributed by atoms with van der Waals surface area (Å²) < 4.78 is 0. The van der Waals surface area contributed by atoms with E-state index in [0.29, 0.717) is 10.4 Å². The van der Waals surface area contributed by atoms with Crippen LogP contribution >= 0.6 is 15.9 Å². The molecule has 0 fully saturated rings. The van der Waals surface area contributed by atoms with E-state index in [1.807, 2.05) is 12.1 Å². The van der Waals surface area contributed by atoms with E-state index in [1.165, 1.54) is 32.1 Å². The van der Waals surface area contributed by atoms with E-state index in [2.05, 4.69) is 22.9 Å². The topological polar surface area (TPSA) is 37.3 Å². The largest absolute Gasteiger partial charge is 0.478 e. The number of alkyl halides is 1. The minimum Gasteiger partial charge on any atom is -0.478 e. The third-order valence-electron chi connectivity index (χ3n) is 3.08. The van der Waals surface area contributed by atoms with E-state index in [0.717, 1.165) is 12.0 Å². The Kier molecular flexibility index (Phi) is 7.02. The Morgan fingerprint density at radius 2 is 1.78 bits per heavy atom. The van der Waals surface area contributed by atoms with Gasteiger partial charge in [-0.2, -0.15) is 0 Å². The molecule has 2 nitrogen and oxygen atoms in total. The average Bonchev–Trinajstić information content (AvgIpc) is 2.38. The van der Waals surface area contributed by atoms with Gasteiger partial charge in [0.25, 0.3) is 0 Å². The van der Waals surface area contributed by atoms with Crippen LogP contribution in [-0.2, 0) is 0 Å². The maximum Gasteiger partial charge on any atom is 0.335 e. The summed E-state index contributed by atoms with van der Waals surface area (Å²) in [6.45, 7) is 2.22. The lowest BCUT2D eigenvalue weighted by Crippen LogP contribution is -1.97. The smallest absolute Gasteiger partial charge is 0.335 e. The number of carboxylic acids is 1.